The van der Waals surface area contributed by atoms with Crippen LogP contribution in [0.3, 0.4) is 0 Å². The molecule has 6 nitrogen and oxygen atoms in total. The lowest BCUT2D eigenvalue weighted by Crippen LogP contribution is -2.46. The zero-order valence-electron chi connectivity index (χ0n) is 11.8. The van der Waals surface area contributed by atoms with Crippen LogP contribution in [0, 0.1) is 0 Å². The van der Waals surface area contributed by atoms with Crippen LogP contribution in [0.4, 0.5) is 4.79 Å². The van der Waals surface area contributed by atoms with Crippen LogP contribution < -0.4 is 4.72 Å². The van der Waals surface area contributed by atoms with Crippen LogP contribution in [0.1, 0.15) is 19.8 Å². The highest BCUT2D eigenvalue weighted by Gasteiger charge is 2.28. The molecule has 0 aliphatic carbocycles. The number of hydrogen-bond donors (Lipinski definition) is 1. The first-order chi connectivity index (χ1) is 10.3. The van der Waals surface area contributed by atoms with Gasteiger partial charge in [0.05, 0.1) is 10.4 Å². The van der Waals surface area contributed by atoms with Crippen molar-refractivity contribution in [3.8, 4) is 0 Å². The smallest absolute Gasteiger partial charge is 0.409 e. The Balaban J connectivity index is 1.94. The molecule has 1 aromatic heterocycles. The Hall–Kier alpha value is -0.160. The van der Waals surface area contributed by atoms with Gasteiger partial charge in [-0.2, -0.15) is 0 Å². The minimum Gasteiger partial charge on any atom is -0.450 e. The van der Waals surface area contributed by atoms with E-state index in [0.29, 0.717) is 32.5 Å². The van der Waals surface area contributed by atoms with Gasteiger partial charge in [0.2, 0.25) is 10.0 Å². The molecule has 1 fully saturated rings. The fraction of sp³-hybridized carbons (Fsp3) is 0.583. The third kappa shape index (κ3) is 4.44. The molecular weight excluding hydrogens is 460 g/mol. The van der Waals surface area contributed by atoms with Crippen LogP contribution in [0.15, 0.2) is 18.5 Å². The Kier molecular flexibility index (Phi) is 6.29. The average molecular weight is 476 g/mol. The number of sulfonamides is 1. The van der Waals surface area contributed by atoms with E-state index < -0.39 is 10.0 Å². The number of likely N-dealkylation sites (tertiary alicyclic amines) is 1. The summed E-state index contributed by atoms with van der Waals surface area (Å²) in [6, 6.07) is 1.40. The molecule has 1 aliphatic rings. The summed E-state index contributed by atoms with van der Waals surface area (Å²) in [6.45, 7) is 3.08. The molecule has 1 amide bonds. The molecule has 1 aromatic rings. The van der Waals surface area contributed by atoms with Crippen molar-refractivity contribution in [1.29, 1.82) is 0 Å². The van der Waals surface area contributed by atoms with Crippen LogP contribution >= 0.6 is 43.2 Å². The van der Waals surface area contributed by atoms with Gasteiger partial charge in [-0.3, -0.25) is 0 Å². The SMILES string of the molecule is CCOC(=O)N1CCC(NS(=O)(=O)c2cc(Br)c(Br)s2)CC1. The van der Waals surface area contributed by atoms with Crippen LogP contribution in [0.5, 0.6) is 0 Å². The summed E-state index contributed by atoms with van der Waals surface area (Å²) in [5.41, 5.74) is 0. The van der Waals surface area contributed by atoms with E-state index in [1.165, 1.54) is 0 Å². The molecule has 22 heavy (non-hydrogen) atoms. The van der Waals surface area contributed by atoms with E-state index in [-0.39, 0.29) is 16.3 Å². The van der Waals surface area contributed by atoms with Crippen LogP contribution in [0.25, 0.3) is 0 Å². The summed E-state index contributed by atoms with van der Waals surface area (Å²) in [5, 5.41) is 0. The topological polar surface area (TPSA) is 75.7 Å². The molecule has 2 heterocycles. The molecule has 1 N–H and O–H groups in total. The van der Waals surface area contributed by atoms with E-state index in [4.69, 9.17) is 4.74 Å². The van der Waals surface area contributed by atoms with Gasteiger partial charge >= 0.3 is 6.09 Å². The number of hydrogen-bond acceptors (Lipinski definition) is 5. The van der Waals surface area contributed by atoms with E-state index in [1.54, 1.807) is 17.9 Å². The molecule has 1 aliphatic heterocycles. The number of piperidine rings is 1. The van der Waals surface area contributed by atoms with Crippen LogP contribution in [0.2, 0.25) is 0 Å². The number of carbonyl (C=O) groups excluding carboxylic acids is 1. The van der Waals surface area contributed by atoms with Crippen molar-refractivity contribution in [2.45, 2.75) is 30.0 Å². The third-order valence-electron chi connectivity index (χ3n) is 3.23. The van der Waals surface area contributed by atoms with Gasteiger partial charge in [0.15, 0.2) is 0 Å². The van der Waals surface area contributed by atoms with Crippen LogP contribution in [-0.4, -0.2) is 45.1 Å². The number of rotatable bonds is 4. The fourth-order valence-electron chi connectivity index (χ4n) is 2.13. The van der Waals surface area contributed by atoms with Crippen molar-refractivity contribution in [2.75, 3.05) is 19.7 Å². The maximum atomic E-state index is 12.3. The summed E-state index contributed by atoms with van der Waals surface area (Å²) < 4.78 is 34.0. The number of nitrogens with one attached hydrogen (secondary N) is 1. The van der Waals surface area contributed by atoms with Crippen molar-refractivity contribution in [1.82, 2.24) is 9.62 Å². The summed E-state index contributed by atoms with van der Waals surface area (Å²) >= 11 is 7.74. The second-order valence-corrected chi connectivity index (χ2v) is 9.93. The minimum absolute atomic E-state index is 0.171. The Labute approximate surface area is 150 Å². The van der Waals surface area contributed by atoms with Gasteiger partial charge in [-0.1, -0.05) is 0 Å². The lowest BCUT2D eigenvalue weighted by Gasteiger charge is -2.31. The van der Waals surface area contributed by atoms with Crippen molar-refractivity contribution in [3.63, 3.8) is 0 Å². The monoisotopic (exact) mass is 474 g/mol. The molecule has 0 saturated carbocycles. The minimum atomic E-state index is -3.54. The predicted molar refractivity (Wildman–Crippen MR) is 91.7 cm³/mol. The number of thiophene rings is 1. The van der Waals surface area contributed by atoms with Crippen molar-refractivity contribution in [3.05, 3.63) is 14.3 Å². The second kappa shape index (κ2) is 7.61. The lowest BCUT2D eigenvalue weighted by molar-refractivity contribution is 0.0966. The molecule has 0 radical (unpaired) electrons. The zero-order valence-corrected chi connectivity index (χ0v) is 16.6. The number of halogens is 2. The molecule has 0 bridgehead atoms. The number of carbonyl (C=O) groups is 1. The number of ether oxygens (including phenoxy) is 1. The van der Waals surface area contributed by atoms with Gasteiger partial charge in [0.25, 0.3) is 0 Å². The average Bonchev–Trinajstić information content (AvgIpc) is 2.80. The highest BCUT2D eigenvalue weighted by molar-refractivity contribution is 9.13. The standard InChI is InChI=1S/C12H16Br2N2O4S2/c1-2-20-12(17)16-5-3-8(4-6-16)15-22(18,19)10-7-9(13)11(14)21-10/h7-8,15H,2-6H2,1H3. The van der Waals surface area contributed by atoms with Gasteiger partial charge in [-0.15, -0.1) is 11.3 Å². The van der Waals surface area contributed by atoms with Gasteiger partial charge in [0, 0.05) is 23.6 Å². The van der Waals surface area contributed by atoms with Crippen LogP contribution in [-0.2, 0) is 14.8 Å². The van der Waals surface area contributed by atoms with Gasteiger partial charge in [0.1, 0.15) is 4.21 Å². The first-order valence-electron chi connectivity index (χ1n) is 6.72. The molecule has 0 aromatic carbocycles. The van der Waals surface area contributed by atoms with E-state index >= 15 is 0 Å². The van der Waals surface area contributed by atoms with Gasteiger partial charge in [-0.05, 0) is 57.7 Å². The fourth-order valence-corrected chi connectivity index (χ4v) is 6.27. The van der Waals surface area contributed by atoms with Crippen molar-refractivity contribution < 1.29 is 17.9 Å². The molecule has 10 heteroatoms. The molecule has 0 spiro atoms. The first-order valence-corrected chi connectivity index (χ1v) is 10.6. The zero-order chi connectivity index (χ0) is 16.3. The maximum Gasteiger partial charge on any atom is 0.409 e. The van der Waals surface area contributed by atoms with Crippen molar-refractivity contribution in [2.24, 2.45) is 0 Å². The second-order valence-electron chi connectivity index (χ2n) is 4.77. The normalized spacial score (nSPS) is 16.8. The molecule has 2 rings (SSSR count). The van der Waals surface area contributed by atoms with Gasteiger partial charge in [-0.25, -0.2) is 17.9 Å². The summed E-state index contributed by atoms with van der Waals surface area (Å²) in [7, 11) is -3.54. The molecule has 124 valence electrons. The van der Waals surface area contributed by atoms with E-state index in [0.717, 1.165) is 19.6 Å². The largest absolute Gasteiger partial charge is 0.450 e. The molecule has 0 atom stereocenters. The summed E-state index contributed by atoms with van der Waals surface area (Å²) in [6.07, 6.45) is 0.812. The van der Waals surface area contributed by atoms with E-state index in [1.807, 2.05) is 0 Å². The van der Waals surface area contributed by atoms with E-state index in [9.17, 15) is 13.2 Å². The highest BCUT2D eigenvalue weighted by atomic mass is 79.9. The summed E-state index contributed by atoms with van der Waals surface area (Å²) in [5.74, 6) is 0. The Morgan fingerprint density at radius 2 is 2.09 bits per heavy atom. The van der Waals surface area contributed by atoms with Gasteiger partial charge < -0.3 is 9.64 Å². The predicted octanol–water partition coefficient (Wildman–Crippen LogP) is 3.17. The molecular formula is C12H16Br2N2O4S2. The number of nitrogens with zero attached hydrogens (tertiary/aromatic N) is 1. The highest BCUT2D eigenvalue weighted by Crippen LogP contribution is 2.35. The molecule has 1 saturated heterocycles. The Morgan fingerprint density at radius 1 is 1.45 bits per heavy atom. The quantitative estimate of drug-likeness (QED) is 0.725. The third-order valence-corrected chi connectivity index (χ3v) is 8.48. The lowest BCUT2D eigenvalue weighted by atomic mass is 10.1. The Morgan fingerprint density at radius 3 is 2.59 bits per heavy atom. The first kappa shape index (κ1) is 18.2. The molecule has 0 unspecified atom stereocenters. The summed E-state index contributed by atoms with van der Waals surface area (Å²) in [4.78, 5) is 13.2. The Bertz CT molecular complexity index is 620. The van der Waals surface area contributed by atoms with E-state index in [2.05, 4.69) is 36.6 Å². The number of amides is 1. The van der Waals surface area contributed by atoms with Crippen molar-refractivity contribution >= 4 is 59.3 Å². The maximum absolute atomic E-state index is 12.3.